The molecule has 5 nitrogen and oxygen atoms in total. The van der Waals surface area contributed by atoms with Crippen molar-refractivity contribution in [2.45, 2.75) is 6.61 Å². The summed E-state index contributed by atoms with van der Waals surface area (Å²) < 4.78 is 39.4. The Morgan fingerprint density at radius 3 is 2.61 bits per heavy atom. The van der Waals surface area contributed by atoms with Crippen molar-refractivity contribution in [1.82, 2.24) is 0 Å². The van der Waals surface area contributed by atoms with Crippen molar-refractivity contribution in [3.8, 4) is 11.5 Å². The lowest BCUT2D eigenvalue weighted by atomic mass is 10.2. The van der Waals surface area contributed by atoms with Crippen LogP contribution in [0.2, 0.25) is 0 Å². The third-order valence-electron chi connectivity index (χ3n) is 3.63. The summed E-state index contributed by atoms with van der Waals surface area (Å²) in [4.78, 5) is 16.2. The van der Waals surface area contributed by atoms with Crippen LogP contribution in [0.25, 0.3) is 6.08 Å². The summed E-state index contributed by atoms with van der Waals surface area (Å²) >= 11 is 6.17. The second-order valence-electron chi connectivity index (χ2n) is 5.52. The van der Waals surface area contributed by atoms with Crippen LogP contribution in [0.4, 0.5) is 8.78 Å². The lowest BCUT2D eigenvalue weighted by Gasteiger charge is -2.10. The molecule has 2 aromatic rings. The zero-order chi connectivity index (χ0) is 20.1. The Kier molecular flexibility index (Phi) is 6.06. The molecule has 0 fully saturated rings. The second kappa shape index (κ2) is 8.67. The number of hydrogen-bond acceptors (Lipinski definition) is 5. The summed E-state index contributed by atoms with van der Waals surface area (Å²) in [5, 5.41) is 0.293. The van der Waals surface area contributed by atoms with Crippen LogP contribution >= 0.6 is 11.6 Å². The first-order chi connectivity index (χ1) is 13.5. The Hall–Kier alpha value is -3.19. The van der Waals surface area contributed by atoms with Crippen LogP contribution in [0.1, 0.15) is 11.1 Å². The summed E-state index contributed by atoms with van der Waals surface area (Å²) in [6.07, 6.45) is 3.06. The van der Waals surface area contributed by atoms with E-state index in [0.717, 1.165) is 5.56 Å². The minimum absolute atomic E-state index is 0.00215. The van der Waals surface area contributed by atoms with Crippen LogP contribution in [-0.2, 0) is 9.53 Å². The van der Waals surface area contributed by atoms with E-state index in [1.54, 1.807) is 6.08 Å². The van der Waals surface area contributed by atoms with E-state index in [4.69, 9.17) is 21.1 Å². The Balaban J connectivity index is 1.86. The zero-order valence-electron chi connectivity index (χ0n) is 14.6. The summed E-state index contributed by atoms with van der Waals surface area (Å²) in [7, 11) is 1.30. The van der Waals surface area contributed by atoms with Crippen LogP contribution in [0.3, 0.4) is 0 Å². The average molecular weight is 406 g/mol. The number of alkyl halides is 2. The molecule has 1 heterocycles. The van der Waals surface area contributed by atoms with Crippen LogP contribution in [0, 0.1) is 0 Å². The van der Waals surface area contributed by atoms with Crippen molar-refractivity contribution in [2.24, 2.45) is 4.99 Å². The van der Waals surface area contributed by atoms with E-state index in [2.05, 4.69) is 9.73 Å². The van der Waals surface area contributed by atoms with Gasteiger partial charge in [-0.2, -0.15) is 8.78 Å². The van der Waals surface area contributed by atoms with Gasteiger partial charge in [-0.25, -0.2) is 9.79 Å². The molecule has 0 radical (unpaired) electrons. The molecule has 0 saturated heterocycles. The van der Waals surface area contributed by atoms with Gasteiger partial charge in [-0.1, -0.05) is 41.9 Å². The Bertz CT molecular complexity index is 971. The molecule has 1 aliphatic rings. The molecule has 2 aromatic carbocycles. The van der Waals surface area contributed by atoms with E-state index in [9.17, 15) is 13.6 Å². The fraction of sp³-hybridized carbons (Fsp3) is 0.100. The molecule has 0 N–H and O–H groups in total. The van der Waals surface area contributed by atoms with Gasteiger partial charge >= 0.3 is 12.6 Å². The van der Waals surface area contributed by atoms with Crippen molar-refractivity contribution in [1.29, 1.82) is 0 Å². The number of cyclic esters (lactones) is 1. The molecule has 8 heteroatoms. The number of aliphatic imine (C=N–C) groups is 1. The van der Waals surface area contributed by atoms with Gasteiger partial charge in [-0.05, 0) is 35.9 Å². The third-order valence-corrected chi connectivity index (χ3v) is 3.84. The number of esters is 1. The third kappa shape index (κ3) is 4.75. The highest BCUT2D eigenvalue weighted by Gasteiger charge is 2.25. The topological polar surface area (TPSA) is 57.1 Å². The van der Waals surface area contributed by atoms with E-state index in [-0.39, 0.29) is 23.1 Å². The van der Waals surface area contributed by atoms with E-state index in [1.807, 2.05) is 30.3 Å². The summed E-state index contributed by atoms with van der Waals surface area (Å²) in [5.41, 5.74) is 1.23. The normalized spacial score (nSPS) is 15.6. The highest BCUT2D eigenvalue weighted by atomic mass is 35.5. The number of methoxy groups -OCH3 is 1. The van der Waals surface area contributed by atoms with Gasteiger partial charge in [0.1, 0.15) is 0 Å². The lowest BCUT2D eigenvalue weighted by molar-refractivity contribution is -0.130. The molecule has 0 spiro atoms. The Labute approximate surface area is 164 Å². The number of benzene rings is 2. The smallest absolute Gasteiger partial charge is 0.387 e. The van der Waals surface area contributed by atoms with Gasteiger partial charge in [0.05, 0.1) is 7.11 Å². The standard InChI is InChI=1S/C20H14ClF2NO4/c1-26-17-10-13(7-8-16(17)27-20(22)23)18-24-15(19(25)28-18)11-14(21)9-12-5-3-2-4-6-12/h2-11,20H,1H3/b14-9-,15-11-. The molecule has 28 heavy (non-hydrogen) atoms. The number of hydrogen-bond donors (Lipinski definition) is 0. The molecule has 0 amide bonds. The van der Waals surface area contributed by atoms with Crippen molar-refractivity contribution >= 4 is 29.5 Å². The molecule has 0 bridgehead atoms. The molecule has 144 valence electrons. The fourth-order valence-corrected chi connectivity index (χ4v) is 2.64. The molecule has 0 atom stereocenters. The van der Waals surface area contributed by atoms with Crippen molar-refractivity contribution in [3.05, 3.63) is 76.5 Å². The fourth-order valence-electron chi connectivity index (χ4n) is 2.41. The largest absolute Gasteiger partial charge is 0.493 e. The van der Waals surface area contributed by atoms with Gasteiger partial charge in [0, 0.05) is 10.6 Å². The van der Waals surface area contributed by atoms with E-state index in [1.165, 1.54) is 31.4 Å². The minimum atomic E-state index is -2.99. The molecule has 0 unspecified atom stereocenters. The van der Waals surface area contributed by atoms with Gasteiger partial charge < -0.3 is 14.2 Å². The molecular weight excluding hydrogens is 392 g/mol. The summed E-state index contributed by atoms with van der Waals surface area (Å²) in [6.45, 7) is -2.99. The highest BCUT2D eigenvalue weighted by Crippen LogP contribution is 2.31. The average Bonchev–Trinajstić information content (AvgIpc) is 3.02. The van der Waals surface area contributed by atoms with Gasteiger partial charge in [0.2, 0.25) is 5.90 Å². The first-order valence-corrected chi connectivity index (χ1v) is 8.42. The van der Waals surface area contributed by atoms with E-state index >= 15 is 0 Å². The number of allylic oxidation sites excluding steroid dienone is 2. The van der Waals surface area contributed by atoms with Crippen LogP contribution in [0.15, 0.2) is 70.3 Å². The predicted molar refractivity (Wildman–Crippen MR) is 101 cm³/mol. The number of nitrogens with zero attached hydrogens (tertiary/aromatic N) is 1. The maximum Gasteiger partial charge on any atom is 0.387 e. The SMILES string of the molecule is COc1cc(C2=N/C(=C\C(Cl)=C\c3ccccc3)C(=O)O2)ccc1OC(F)F. The Morgan fingerprint density at radius 2 is 1.93 bits per heavy atom. The quantitative estimate of drug-likeness (QED) is 0.513. The molecule has 0 saturated carbocycles. The maximum atomic E-state index is 12.4. The minimum Gasteiger partial charge on any atom is -0.493 e. The Morgan fingerprint density at radius 1 is 1.18 bits per heavy atom. The zero-order valence-corrected chi connectivity index (χ0v) is 15.3. The van der Waals surface area contributed by atoms with Gasteiger partial charge in [-0.3, -0.25) is 0 Å². The number of halogens is 3. The highest BCUT2D eigenvalue weighted by molar-refractivity contribution is 6.33. The van der Waals surface area contributed by atoms with Gasteiger partial charge in [0.15, 0.2) is 17.2 Å². The second-order valence-corrected chi connectivity index (χ2v) is 5.96. The van der Waals surface area contributed by atoms with Gasteiger partial charge in [0.25, 0.3) is 0 Å². The summed E-state index contributed by atoms with van der Waals surface area (Å²) in [5.74, 6) is -0.768. The molecule has 0 aromatic heterocycles. The number of ether oxygens (including phenoxy) is 3. The van der Waals surface area contributed by atoms with Crippen molar-refractivity contribution in [3.63, 3.8) is 0 Å². The first kappa shape index (κ1) is 19.6. The monoisotopic (exact) mass is 405 g/mol. The van der Waals surface area contributed by atoms with Crippen LogP contribution in [-0.4, -0.2) is 25.6 Å². The van der Waals surface area contributed by atoms with E-state index in [0.29, 0.717) is 10.6 Å². The van der Waals surface area contributed by atoms with Crippen molar-refractivity contribution in [2.75, 3.05) is 7.11 Å². The maximum absolute atomic E-state index is 12.4. The molecule has 1 aliphatic heterocycles. The molecular formula is C20H14ClF2NO4. The lowest BCUT2D eigenvalue weighted by Crippen LogP contribution is -2.07. The number of carbonyl (C=O) groups is 1. The number of carbonyl (C=O) groups excluding carboxylic acids is 1. The van der Waals surface area contributed by atoms with Crippen LogP contribution in [0.5, 0.6) is 11.5 Å². The summed E-state index contributed by atoms with van der Waals surface area (Å²) in [6, 6.07) is 13.4. The first-order valence-electron chi connectivity index (χ1n) is 8.04. The number of rotatable bonds is 6. The van der Waals surface area contributed by atoms with Gasteiger partial charge in [-0.15, -0.1) is 0 Å². The predicted octanol–water partition coefficient (Wildman–Crippen LogP) is 4.76. The molecule has 3 rings (SSSR count). The van der Waals surface area contributed by atoms with Crippen LogP contribution < -0.4 is 9.47 Å². The van der Waals surface area contributed by atoms with Crippen molar-refractivity contribution < 1.29 is 27.8 Å². The van der Waals surface area contributed by atoms with E-state index < -0.39 is 12.6 Å². The molecule has 0 aliphatic carbocycles.